The molecule has 1 fully saturated rings. The molecule has 0 atom stereocenters. The number of hydrogen-bond donors (Lipinski definition) is 1. The maximum Gasteiger partial charge on any atom is 0.253 e. The van der Waals surface area contributed by atoms with Gasteiger partial charge in [-0.05, 0) is 50.6 Å². The average Bonchev–Trinajstić information content (AvgIpc) is 2.77. The third kappa shape index (κ3) is 7.25. The van der Waals surface area contributed by atoms with Gasteiger partial charge >= 0.3 is 0 Å². The van der Waals surface area contributed by atoms with Gasteiger partial charge in [-0.3, -0.25) is 9.59 Å². The predicted molar refractivity (Wildman–Crippen MR) is 131 cm³/mol. The molecule has 1 heterocycles. The second kappa shape index (κ2) is 11.4. The van der Waals surface area contributed by atoms with Crippen molar-refractivity contribution in [2.75, 3.05) is 53.4 Å². The topological polar surface area (TPSA) is 90.0 Å². The third-order valence-corrected chi connectivity index (χ3v) is 8.11. The van der Waals surface area contributed by atoms with Crippen LogP contribution in [0.2, 0.25) is 0 Å². The van der Waals surface area contributed by atoms with Gasteiger partial charge < -0.3 is 15.1 Å². The van der Waals surface area contributed by atoms with Gasteiger partial charge in [0.15, 0.2) is 0 Å². The van der Waals surface area contributed by atoms with E-state index >= 15 is 0 Å². The summed E-state index contributed by atoms with van der Waals surface area (Å²) in [6, 6.07) is 6.24. The first kappa shape index (κ1) is 27.3. The third-order valence-electron chi connectivity index (χ3n) is 6.06. The zero-order valence-corrected chi connectivity index (χ0v) is 21.7. The van der Waals surface area contributed by atoms with E-state index in [4.69, 9.17) is 0 Å². The molecule has 0 spiro atoms. The lowest BCUT2D eigenvalue weighted by Gasteiger charge is -2.33. The minimum atomic E-state index is -3.63. The maximum absolute atomic E-state index is 13.0. The van der Waals surface area contributed by atoms with Crippen LogP contribution in [-0.4, -0.2) is 87.7 Å². The number of rotatable bonds is 10. The Balaban J connectivity index is 1.97. The highest BCUT2D eigenvalue weighted by atomic mass is 32.2. The molecule has 2 rings (SSSR count). The van der Waals surface area contributed by atoms with Gasteiger partial charge in [-0.1, -0.05) is 33.8 Å². The highest BCUT2D eigenvalue weighted by Gasteiger charge is 2.30. The first-order chi connectivity index (χ1) is 15.4. The molecule has 0 aliphatic carbocycles. The number of carbonyl (C=O) groups is 2. The van der Waals surface area contributed by atoms with Crippen molar-refractivity contribution in [2.45, 2.75) is 45.4 Å². The second-order valence-corrected chi connectivity index (χ2v) is 11.7. The Kier molecular flexibility index (Phi) is 9.46. The minimum absolute atomic E-state index is 0.0215. The van der Waals surface area contributed by atoms with Crippen LogP contribution in [0.5, 0.6) is 0 Å². The molecule has 186 valence electrons. The fourth-order valence-corrected chi connectivity index (χ4v) is 5.92. The molecule has 0 aromatic heterocycles. The molecule has 1 N–H and O–H groups in total. The van der Waals surface area contributed by atoms with E-state index in [0.29, 0.717) is 51.1 Å². The number of nitrogens with one attached hydrogen (secondary N) is 1. The monoisotopic (exact) mass is 480 g/mol. The van der Waals surface area contributed by atoms with Gasteiger partial charge in [0.1, 0.15) is 0 Å². The van der Waals surface area contributed by atoms with E-state index in [9.17, 15) is 18.0 Å². The minimum Gasteiger partial charge on any atom is -0.355 e. The fraction of sp³-hybridized carbons (Fsp3) is 0.667. The Morgan fingerprint density at radius 3 is 2.27 bits per heavy atom. The summed E-state index contributed by atoms with van der Waals surface area (Å²) in [7, 11) is 0.410. The lowest BCUT2D eigenvalue weighted by Crippen LogP contribution is -2.46. The Morgan fingerprint density at radius 2 is 1.73 bits per heavy atom. The normalized spacial score (nSPS) is 15.8. The largest absolute Gasteiger partial charge is 0.355 e. The van der Waals surface area contributed by atoms with Crippen LogP contribution in [0.3, 0.4) is 0 Å². The first-order valence-corrected chi connectivity index (χ1v) is 13.2. The molecule has 1 aromatic carbocycles. The number of piperidine rings is 1. The Labute approximate surface area is 199 Å². The molecule has 1 aliphatic heterocycles. The molecule has 9 heteroatoms. The van der Waals surface area contributed by atoms with Crippen molar-refractivity contribution in [3.05, 3.63) is 29.8 Å². The molecule has 0 saturated carbocycles. The molecule has 8 nitrogen and oxygen atoms in total. The van der Waals surface area contributed by atoms with Crippen molar-refractivity contribution in [2.24, 2.45) is 11.3 Å². The van der Waals surface area contributed by atoms with Crippen molar-refractivity contribution < 1.29 is 18.0 Å². The highest BCUT2D eigenvalue weighted by Crippen LogP contribution is 2.22. The van der Waals surface area contributed by atoms with Crippen LogP contribution in [0, 0.1) is 11.3 Å². The molecule has 0 radical (unpaired) electrons. The van der Waals surface area contributed by atoms with Crippen LogP contribution in [-0.2, 0) is 14.8 Å². The van der Waals surface area contributed by atoms with Crippen LogP contribution >= 0.6 is 0 Å². The van der Waals surface area contributed by atoms with Crippen molar-refractivity contribution in [3.63, 3.8) is 0 Å². The summed E-state index contributed by atoms with van der Waals surface area (Å²) in [5.41, 5.74) is 0.336. The van der Waals surface area contributed by atoms with E-state index in [1.54, 1.807) is 30.9 Å². The standard InChI is InChI=1S/C24H40N4O4S/c1-7-28(8-2)33(31,32)21-11-9-10-20(16-21)23(30)27-14-12-19(13-15-27)22(29)25-17-24(3,4)18-26(5)6/h9-11,16,19H,7-8,12-15,17-18H2,1-6H3,(H,25,29). The van der Waals surface area contributed by atoms with Crippen LogP contribution < -0.4 is 5.32 Å². The molecule has 1 aliphatic rings. The Bertz CT molecular complexity index is 918. The molecular weight excluding hydrogens is 440 g/mol. The summed E-state index contributed by atoms with van der Waals surface area (Å²) in [6.45, 7) is 11.0. The lowest BCUT2D eigenvalue weighted by atomic mass is 9.91. The van der Waals surface area contributed by atoms with Crippen molar-refractivity contribution in [1.82, 2.24) is 19.4 Å². The summed E-state index contributed by atoms with van der Waals surface area (Å²) >= 11 is 0. The van der Waals surface area contributed by atoms with Crippen LogP contribution in [0.25, 0.3) is 0 Å². The fourth-order valence-electron chi connectivity index (χ4n) is 4.41. The first-order valence-electron chi connectivity index (χ1n) is 11.7. The SMILES string of the molecule is CCN(CC)S(=O)(=O)c1cccc(C(=O)N2CCC(C(=O)NCC(C)(C)CN(C)C)CC2)c1. The van der Waals surface area contributed by atoms with E-state index in [2.05, 4.69) is 24.1 Å². The predicted octanol–water partition coefficient (Wildman–Crippen LogP) is 2.27. The zero-order valence-electron chi connectivity index (χ0n) is 20.9. The van der Waals surface area contributed by atoms with E-state index in [1.807, 2.05) is 14.1 Å². The van der Waals surface area contributed by atoms with Gasteiger partial charge in [-0.2, -0.15) is 4.31 Å². The van der Waals surface area contributed by atoms with E-state index in [-0.39, 0.29) is 28.0 Å². The Morgan fingerprint density at radius 1 is 1.12 bits per heavy atom. The van der Waals surface area contributed by atoms with Gasteiger partial charge in [0.25, 0.3) is 5.91 Å². The van der Waals surface area contributed by atoms with E-state index in [0.717, 1.165) is 6.54 Å². The molecular formula is C24H40N4O4S. The number of benzene rings is 1. The number of carbonyl (C=O) groups excluding carboxylic acids is 2. The number of sulfonamides is 1. The zero-order chi connectivity index (χ0) is 24.8. The molecule has 0 bridgehead atoms. The quantitative estimate of drug-likeness (QED) is 0.555. The van der Waals surface area contributed by atoms with Crippen LogP contribution in [0.4, 0.5) is 0 Å². The van der Waals surface area contributed by atoms with Crippen LogP contribution in [0.1, 0.15) is 50.9 Å². The van der Waals surface area contributed by atoms with Gasteiger partial charge in [-0.25, -0.2) is 8.42 Å². The van der Waals surface area contributed by atoms with Crippen molar-refractivity contribution >= 4 is 21.8 Å². The number of nitrogens with zero attached hydrogens (tertiary/aromatic N) is 3. The highest BCUT2D eigenvalue weighted by molar-refractivity contribution is 7.89. The van der Waals surface area contributed by atoms with Gasteiger partial charge in [0.2, 0.25) is 15.9 Å². The van der Waals surface area contributed by atoms with Gasteiger partial charge in [0, 0.05) is 50.7 Å². The summed E-state index contributed by atoms with van der Waals surface area (Å²) in [5.74, 6) is -0.266. The summed E-state index contributed by atoms with van der Waals surface area (Å²) in [4.78, 5) is 29.6. The summed E-state index contributed by atoms with van der Waals surface area (Å²) in [5, 5.41) is 3.08. The van der Waals surface area contributed by atoms with E-state index < -0.39 is 10.0 Å². The Hall–Kier alpha value is -1.97. The summed E-state index contributed by atoms with van der Waals surface area (Å²) in [6.07, 6.45) is 1.20. The van der Waals surface area contributed by atoms with Crippen molar-refractivity contribution in [1.29, 1.82) is 0 Å². The smallest absolute Gasteiger partial charge is 0.253 e. The molecule has 1 aromatic rings. The number of amides is 2. The maximum atomic E-state index is 13.0. The van der Waals surface area contributed by atoms with Crippen molar-refractivity contribution in [3.8, 4) is 0 Å². The summed E-state index contributed by atoms with van der Waals surface area (Å²) < 4.78 is 27.0. The second-order valence-electron chi connectivity index (χ2n) is 9.80. The number of likely N-dealkylation sites (tertiary alicyclic amines) is 1. The molecule has 2 amide bonds. The van der Waals surface area contributed by atoms with Gasteiger partial charge in [-0.15, -0.1) is 0 Å². The van der Waals surface area contributed by atoms with Crippen LogP contribution in [0.15, 0.2) is 29.2 Å². The lowest BCUT2D eigenvalue weighted by molar-refractivity contribution is -0.126. The van der Waals surface area contributed by atoms with E-state index in [1.165, 1.54) is 16.4 Å². The molecule has 0 unspecified atom stereocenters. The molecule has 33 heavy (non-hydrogen) atoms. The van der Waals surface area contributed by atoms with Gasteiger partial charge in [0.05, 0.1) is 4.90 Å². The number of hydrogen-bond acceptors (Lipinski definition) is 5. The molecule has 1 saturated heterocycles. The average molecular weight is 481 g/mol.